The van der Waals surface area contributed by atoms with Gasteiger partial charge in [0.05, 0.1) is 18.3 Å². The van der Waals surface area contributed by atoms with Crippen molar-refractivity contribution in [3.63, 3.8) is 0 Å². The molecule has 8 heteroatoms. The number of carbonyl (C=O) groups is 1. The number of hydrogen-bond acceptors (Lipinski definition) is 4. The summed E-state index contributed by atoms with van der Waals surface area (Å²) in [7, 11) is 0. The Labute approximate surface area is 180 Å². The number of amides is 1. The van der Waals surface area contributed by atoms with Crippen LogP contribution in [0.1, 0.15) is 15.9 Å². The molecule has 31 heavy (non-hydrogen) atoms. The molecule has 0 bridgehead atoms. The van der Waals surface area contributed by atoms with E-state index in [1.807, 2.05) is 18.2 Å². The van der Waals surface area contributed by atoms with Crippen LogP contribution in [0.15, 0.2) is 54.6 Å². The summed E-state index contributed by atoms with van der Waals surface area (Å²) in [5.41, 5.74) is 0.744. The van der Waals surface area contributed by atoms with Crippen LogP contribution in [0.25, 0.3) is 0 Å². The summed E-state index contributed by atoms with van der Waals surface area (Å²) < 4.78 is 44.1. The molecule has 2 aliphatic heterocycles. The molecule has 1 atom stereocenters. The lowest BCUT2D eigenvalue weighted by Gasteiger charge is -2.40. The molecule has 1 amide bonds. The monoisotopic (exact) mass is 433 g/mol. The number of anilines is 1. The van der Waals surface area contributed by atoms with Gasteiger partial charge in [0, 0.05) is 57.1 Å². The van der Waals surface area contributed by atoms with Crippen molar-refractivity contribution in [1.82, 2.24) is 9.80 Å². The Morgan fingerprint density at radius 2 is 1.61 bits per heavy atom. The van der Waals surface area contributed by atoms with Gasteiger partial charge >= 0.3 is 6.18 Å². The molecule has 2 fully saturated rings. The maximum Gasteiger partial charge on any atom is 0.416 e. The highest BCUT2D eigenvalue weighted by molar-refractivity contribution is 5.94. The van der Waals surface area contributed by atoms with Gasteiger partial charge in [0.15, 0.2) is 0 Å². The second kappa shape index (κ2) is 9.28. The third kappa shape index (κ3) is 5.37. The fourth-order valence-corrected chi connectivity index (χ4v) is 4.11. The van der Waals surface area contributed by atoms with E-state index < -0.39 is 11.7 Å². The fourth-order valence-electron chi connectivity index (χ4n) is 4.11. The summed E-state index contributed by atoms with van der Waals surface area (Å²) in [6.45, 7) is 5.76. The predicted molar refractivity (Wildman–Crippen MR) is 112 cm³/mol. The van der Waals surface area contributed by atoms with Crippen molar-refractivity contribution >= 4 is 11.6 Å². The van der Waals surface area contributed by atoms with Crippen molar-refractivity contribution in [2.24, 2.45) is 0 Å². The SMILES string of the molecule is O=C(c1ccc(C(F)(F)F)cc1)N1CCOC(CN2CCN(c3ccccc3)CC2)C1. The zero-order valence-corrected chi connectivity index (χ0v) is 17.2. The summed E-state index contributed by atoms with van der Waals surface area (Å²) >= 11 is 0. The predicted octanol–water partition coefficient (Wildman–Crippen LogP) is 3.37. The van der Waals surface area contributed by atoms with E-state index in [9.17, 15) is 18.0 Å². The van der Waals surface area contributed by atoms with Crippen molar-refractivity contribution < 1.29 is 22.7 Å². The Morgan fingerprint density at radius 3 is 2.26 bits per heavy atom. The Kier molecular flexibility index (Phi) is 6.48. The van der Waals surface area contributed by atoms with Crippen molar-refractivity contribution in [1.29, 1.82) is 0 Å². The molecule has 0 aromatic heterocycles. The van der Waals surface area contributed by atoms with Gasteiger partial charge in [0.1, 0.15) is 0 Å². The topological polar surface area (TPSA) is 36.0 Å². The van der Waals surface area contributed by atoms with Crippen molar-refractivity contribution in [3.05, 3.63) is 65.7 Å². The quantitative estimate of drug-likeness (QED) is 0.741. The van der Waals surface area contributed by atoms with Crippen molar-refractivity contribution in [2.75, 3.05) is 57.3 Å². The molecule has 5 nitrogen and oxygen atoms in total. The molecule has 2 aliphatic rings. The summed E-state index contributed by atoms with van der Waals surface area (Å²) in [5, 5.41) is 0. The number of morpholine rings is 1. The molecule has 2 aromatic carbocycles. The molecule has 1 unspecified atom stereocenters. The lowest BCUT2D eigenvalue weighted by molar-refractivity contribution is -0.137. The molecule has 0 N–H and O–H groups in total. The van der Waals surface area contributed by atoms with Crippen LogP contribution in [-0.4, -0.2) is 74.2 Å². The van der Waals surface area contributed by atoms with Gasteiger partial charge in [-0.3, -0.25) is 9.69 Å². The number of alkyl halides is 3. The molecule has 0 saturated carbocycles. The standard InChI is InChI=1S/C23H26F3N3O2/c24-23(25,26)19-8-6-18(7-9-19)22(30)29-14-15-31-21(17-29)16-27-10-12-28(13-11-27)20-4-2-1-3-5-20/h1-9,21H,10-17H2. The highest BCUT2D eigenvalue weighted by atomic mass is 19.4. The van der Waals surface area contributed by atoms with Crippen LogP contribution in [0.5, 0.6) is 0 Å². The molecule has 166 valence electrons. The van der Waals surface area contributed by atoms with E-state index in [0.717, 1.165) is 44.9 Å². The molecule has 0 aliphatic carbocycles. The highest BCUT2D eigenvalue weighted by Crippen LogP contribution is 2.29. The van der Waals surface area contributed by atoms with Gasteiger partial charge in [-0.25, -0.2) is 0 Å². The number of para-hydroxylation sites is 1. The van der Waals surface area contributed by atoms with Crippen LogP contribution in [0.2, 0.25) is 0 Å². The molecular formula is C23H26F3N3O2. The number of benzene rings is 2. The molecule has 4 rings (SSSR count). The Balaban J connectivity index is 1.29. The molecular weight excluding hydrogens is 407 g/mol. The zero-order valence-electron chi connectivity index (χ0n) is 17.2. The van der Waals surface area contributed by atoms with Gasteiger partial charge in [-0.1, -0.05) is 18.2 Å². The summed E-state index contributed by atoms with van der Waals surface area (Å²) in [4.78, 5) is 19.1. The van der Waals surface area contributed by atoms with Crippen molar-refractivity contribution in [2.45, 2.75) is 12.3 Å². The van der Waals surface area contributed by atoms with Crippen LogP contribution in [0, 0.1) is 0 Å². The number of rotatable bonds is 4. The molecule has 2 saturated heterocycles. The number of piperazine rings is 1. The normalized spacial score (nSPS) is 20.7. The smallest absolute Gasteiger partial charge is 0.373 e. The van der Waals surface area contributed by atoms with E-state index in [4.69, 9.17) is 4.74 Å². The average molecular weight is 433 g/mol. The maximum absolute atomic E-state index is 12.8. The summed E-state index contributed by atoms with van der Waals surface area (Å²) in [5.74, 6) is -0.254. The third-order valence-corrected chi connectivity index (χ3v) is 5.84. The Bertz CT molecular complexity index is 866. The van der Waals surface area contributed by atoms with Crippen LogP contribution in [0.3, 0.4) is 0 Å². The number of hydrogen-bond donors (Lipinski definition) is 0. The lowest BCUT2D eigenvalue weighted by Crippen LogP contribution is -2.53. The maximum atomic E-state index is 12.8. The molecule has 0 spiro atoms. The molecule has 0 radical (unpaired) electrons. The van der Waals surface area contributed by atoms with Gasteiger partial charge in [0.25, 0.3) is 5.91 Å². The van der Waals surface area contributed by atoms with E-state index in [1.165, 1.54) is 17.8 Å². The molecule has 2 heterocycles. The minimum Gasteiger partial charge on any atom is -0.373 e. The van der Waals surface area contributed by atoms with Crippen LogP contribution in [0.4, 0.5) is 18.9 Å². The Morgan fingerprint density at radius 1 is 0.935 bits per heavy atom. The first-order valence-electron chi connectivity index (χ1n) is 10.5. The van der Waals surface area contributed by atoms with Gasteiger partial charge in [-0.2, -0.15) is 13.2 Å². The highest BCUT2D eigenvalue weighted by Gasteiger charge is 2.31. The second-order valence-corrected chi connectivity index (χ2v) is 7.94. The first-order chi connectivity index (χ1) is 14.9. The number of ether oxygens (including phenoxy) is 1. The fraction of sp³-hybridized carbons (Fsp3) is 0.435. The minimum atomic E-state index is -4.41. The van der Waals surface area contributed by atoms with E-state index >= 15 is 0 Å². The number of nitrogens with zero attached hydrogens (tertiary/aromatic N) is 3. The third-order valence-electron chi connectivity index (χ3n) is 5.84. The molecule has 2 aromatic rings. The van der Waals surface area contributed by atoms with Gasteiger partial charge in [-0.05, 0) is 36.4 Å². The minimum absolute atomic E-state index is 0.101. The van der Waals surface area contributed by atoms with E-state index in [0.29, 0.717) is 19.7 Å². The van der Waals surface area contributed by atoms with Crippen molar-refractivity contribution in [3.8, 4) is 0 Å². The number of halogens is 3. The lowest BCUT2D eigenvalue weighted by atomic mass is 10.1. The average Bonchev–Trinajstić information content (AvgIpc) is 2.79. The first kappa shape index (κ1) is 21.6. The van der Waals surface area contributed by atoms with Crippen LogP contribution < -0.4 is 4.90 Å². The van der Waals surface area contributed by atoms with Crippen LogP contribution in [-0.2, 0) is 10.9 Å². The van der Waals surface area contributed by atoms with Gasteiger partial charge in [-0.15, -0.1) is 0 Å². The van der Waals surface area contributed by atoms with E-state index in [-0.39, 0.29) is 17.6 Å². The van der Waals surface area contributed by atoms with Gasteiger partial charge in [0.2, 0.25) is 0 Å². The number of carbonyl (C=O) groups excluding carboxylic acids is 1. The zero-order chi connectivity index (χ0) is 21.8. The first-order valence-corrected chi connectivity index (χ1v) is 10.5. The summed E-state index contributed by atoms with van der Waals surface area (Å²) in [6.07, 6.45) is -4.51. The summed E-state index contributed by atoms with van der Waals surface area (Å²) in [6, 6.07) is 14.7. The largest absolute Gasteiger partial charge is 0.416 e. The van der Waals surface area contributed by atoms with E-state index in [2.05, 4.69) is 21.9 Å². The second-order valence-electron chi connectivity index (χ2n) is 7.94. The Hall–Kier alpha value is -2.58. The van der Waals surface area contributed by atoms with E-state index in [1.54, 1.807) is 4.90 Å². The van der Waals surface area contributed by atoms with Gasteiger partial charge < -0.3 is 14.5 Å². The van der Waals surface area contributed by atoms with Crippen LogP contribution >= 0.6 is 0 Å².